The molecule has 1 fully saturated rings. The van der Waals surface area contributed by atoms with Gasteiger partial charge in [-0.25, -0.2) is 17.8 Å². The maximum Gasteiger partial charge on any atom is 0.263 e. The van der Waals surface area contributed by atoms with E-state index in [0.717, 1.165) is 10.4 Å². The van der Waals surface area contributed by atoms with Crippen LogP contribution in [0, 0.1) is 11.7 Å². The van der Waals surface area contributed by atoms with Gasteiger partial charge in [-0.3, -0.25) is 0 Å². The predicted octanol–water partition coefficient (Wildman–Crippen LogP) is 0.612. The molecule has 0 radical (unpaired) electrons. The minimum Gasteiger partial charge on any atom is -0.387 e. The van der Waals surface area contributed by atoms with Crippen LogP contribution in [0.15, 0.2) is 23.4 Å². The third kappa shape index (κ3) is 2.02. The van der Waals surface area contributed by atoms with Gasteiger partial charge in [0.1, 0.15) is 0 Å². The van der Waals surface area contributed by atoms with Gasteiger partial charge in [-0.2, -0.15) is 4.31 Å². The topological polar surface area (TPSA) is 70.5 Å². The molecule has 0 unspecified atom stereocenters. The summed E-state index contributed by atoms with van der Waals surface area (Å²) in [6.45, 7) is 3.57. The van der Waals surface area contributed by atoms with Gasteiger partial charge in [0.2, 0.25) is 5.03 Å². The third-order valence-corrected chi connectivity index (χ3v) is 5.01. The zero-order chi connectivity index (χ0) is 13.6. The molecule has 0 spiro atoms. The van der Waals surface area contributed by atoms with Crippen molar-refractivity contribution < 1.29 is 17.9 Å². The highest BCUT2D eigenvalue weighted by atomic mass is 32.2. The minimum absolute atomic E-state index is 0.0248. The standard InChI is InChI=1S/C11H15FN2O3S/c1-8(2)11(15)6-14(7-11)18(16,17)10-9(12)4-3-5-13-10/h3-5,8,15H,6-7H2,1-2H3. The van der Waals surface area contributed by atoms with E-state index in [2.05, 4.69) is 4.98 Å². The molecule has 0 atom stereocenters. The molecule has 1 aliphatic heterocycles. The molecule has 0 aromatic carbocycles. The van der Waals surface area contributed by atoms with Crippen molar-refractivity contribution in [3.05, 3.63) is 24.1 Å². The van der Waals surface area contributed by atoms with Gasteiger partial charge in [-0.1, -0.05) is 13.8 Å². The Morgan fingerprint density at radius 2 is 2.11 bits per heavy atom. The molecule has 2 rings (SSSR count). The molecule has 1 N–H and O–H groups in total. The fraction of sp³-hybridized carbons (Fsp3) is 0.545. The number of hydrogen-bond donors (Lipinski definition) is 1. The summed E-state index contributed by atoms with van der Waals surface area (Å²) in [6.07, 6.45) is 1.23. The van der Waals surface area contributed by atoms with Gasteiger partial charge in [-0.15, -0.1) is 0 Å². The SMILES string of the molecule is CC(C)C1(O)CN(S(=O)(=O)c2ncccc2F)C1. The summed E-state index contributed by atoms with van der Waals surface area (Å²) in [7, 11) is -3.95. The Morgan fingerprint density at radius 3 is 2.61 bits per heavy atom. The van der Waals surface area contributed by atoms with Gasteiger partial charge < -0.3 is 5.11 Å². The first-order valence-corrected chi connectivity index (χ1v) is 7.04. The second kappa shape index (κ2) is 4.25. The van der Waals surface area contributed by atoms with Crippen molar-refractivity contribution >= 4 is 10.0 Å². The maximum absolute atomic E-state index is 13.4. The largest absolute Gasteiger partial charge is 0.387 e. The van der Waals surface area contributed by atoms with Gasteiger partial charge in [0, 0.05) is 19.3 Å². The number of aliphatic hydroxyl groups is 1. The van der Waals surface area contributed by atoms with E-state index in [1.165, 1.54) is 12.3 Å². The van der Waals surface area contributed by atoms with Gasteiger partial charge in [0.15, 0.2) is 5.82 Å². The monoisotopic (exact) mass is 274 g/mol. The molecule has 100 valence electrons. The van der Waals surface area contributed by atoms with Crippen molar-refractivity contribution in [2.75, 3.05) is 13.1 Å². The number of halogens is 1. The average molecular weight is 274 g/mol. The fourth-order valence-corrected chi connectivity index (χ4v) is 3.32. The van der Waals surface area contributed by atoms with Crippen LogP contribution in [0.25, 0.3) is 0 Å². The van der Waals surface area contributed by atoms with Crippen LogP contribution in [-0.2, 0) is 10.0 Å². The number of sulfonamides is 1. The van der Waals surface area contributed by atoms with Crippen LogP contribution >= 0.6 is 0 Å². The lowest BCUT2D eigenvalue weighted by Crippen LogP contribution is -2.65. The van der Waals surface area contributed by atoms with Crippen LogP contribution in [0.2, 0.25) is 0 Å². The summed E-state index contributed by atoms with van der Waals surface area (Å²) in [4.78, 5) is 3.56. The van der Waals surface area contributed by atoms with Gasteiger partial charge in [0.25, 0.3) is 10.0 Å². The van der Waals surface area contributed by atoms with E-state index in [1.54, 1.807) is 0 Å². The molecule has 1 aliphatic rings. The molecule has 0 saturated carbocycles. The van der Waals surface area contributed by atoms with Crippen LogP contribution < -0.4 is 0 Å². The van der Waals surface area contributed by atoms with Crippen molar-refractivity contribution in [1.29, 1.82) is 0 Å². The van der Waals surface area contributed by atoms with Gasteiger partial charge >= 0.3 is 0 Å². The first kappa shape index (κ1) is 13.4. The van der Waals surface area contributed by atoms with E-state index in [9.17, 15) is 17.9 Å². The third-order valence-electron chi connectivity index (χ3n) is 3.28. The highest BCUT2D eigenvalue weighted by Gasteiger charge is 2.49. The van der Waals surface area contributed by atoms with E-state index in [4.69, 9.17) is 0 Å². The summed E-state index contributed by atoms with van der Waals surface area (Å²) in [5.41, 5.74) is -1.03. The molecule has 0 amide bonds. The fourth-order valence-electron chi connectivity index (χ4n) is 1.78. The number of nitrogens with zero attached hydrogens (tertiary/aromatic N) is 2. The van der Waals surface area contributed by atoms with E-state index in [1.807, 2.05) is 13.8 Å². The van der Waals surface area contributed by atoms with Crippen LogP contribution in [0.5, 0.6) is 0 Å². The smallest absolute Gasteiger partial charge is 0.263 e. The maximum atomic E-state index is 13.4. The van der Waals surface area contributed by atoms with E-state index in [-0.39, 0.29) is 19.0 Å². The van der Waals surface area contributed by atoms with E-state index < -0.39 is 26.5 Å². The zero-order valence-electron chi connectivity index (χ0n) is 10.2. The molecule has 1 aromatic rings. The molecule has 7 heteroatoms. The molecule has 1 aromatic heterocycles. The number of hydrogen-bond acceptors (Lipinski definition) is 4. The number of aromatic nitrogens is 1. The average Bonchev–Trinajstić information content (AvgIpc) is 2.24. The Morgan fingerprint density at radius 1 is 1.50 bits per heavy atom. The van der Waals surface area contributed by atoms with Crippen LogP contribution in [-0.4, -0.2) is 41.5 Å². The molecule has 1 saturated heterocycles. The second-order valence-electron chi connectivity index (χ2n) is 4.82. The highest BCUT2D eigenvalue weighted by Crippen LogP contribution is 2.33. The quantitative estimate of drug-likeness (QED) is 0.877. The summed E-state index contributed by atoms with van der Waals surface area (Å²) in [6, 6.07) is 2.38. The lowest BCUT2D eigenvalue weighted by Gasteiger charge is -2.47. The van der Waals surface area contributed by atoms with E-state index in [0.29, 0.717) is 0 Å². The van der Waals surface area contributed by atoms with Crippen molar-refractivity contribution in [2.24, 2.45) is 5.92 Å². The molecule has 0 aliphatic carbocycles. The predicted molar refractivity (Wildman–Crippen MR) is 62.7 cm³/mol. The lowest BCUT2D eigenvalue weighted by atomic mass is 9.85. The van der Waals surface area contributed by atoms with Crippen LogP contribution in [0.3, 0.4) is 0 Å². The number of rotatable bonds is 3. The molecular weight excluding hydrogens is 259 g/mol. The normalized spacial score (nSPS) is 19.8. The second-order valence-corrected chi connectivity index (χ2v) is 6.67. The first-order valence-electron chi connectivity index (χ1n) is 5.60. The highest BCUT2D eigenvalue weighted by molar-refractivity contribution is 7.89. The molecule has 0 bridgehead atoms. The van der Waals surface area contributed by atoms with E-state index >= 15 is 0 Å². The number of pyridine rings is 1. The Bertz CT molecular complexity index is 553. The summed E-state index contributed by atoms with van der Waals surface area (Å²) < 4.78 is 38.6. The lowest BCUT2D eigenvalue weighted by molar-refractivity contribution is -0.0933. The summed E-state index contributed by atoms with van der Waals surface area (Å²) in [5.74, 6) is -0.935. The van der Waals surface area contributed by atoms with Gasteiger partial charge in [0.05, 0.1) is 5.60 Å². The zero-order valence-corrected chi connectivity index (χ0v) is 11.0. The minimum atomic E-state index is -3.95. The van der Waals surface area contributed by atoms with Crippen LogP contribution in [0.1, 0.15) is 13.8 Å². The summed E-state index contributed by atoms with van der Waals surface area (Å²) >= 11 is 0. The Labute approximate surface area is 105 Å². The molecular formula is C11H15FN2O3S. The van der Waals surface area contributed by atoms with Crippen LogP contribution in [0.4, 0.5) is 4.39 Å². The Kier molecular flexibility index (Phi) is 3.16. The van der Waals surface area contributed by atoms with Crippen molar-refractivity contribution in [3.8, 4) is 0 Å². The molecule has 18 heavy (non-hydrogen) atoms. The Hall–Kier alpha value is -1.05. The Balaban J connectivity index is 2.24. The van der Waals surface area contributed by atoms with Crippen molar-refractivity contribution in [1.82, 2.24) is 9.29 Å². The first-order chi connectivity index (χ1) is 8.27. The summed E-state index contributed by atoms with van der Waals surface area (Å²) in [5, 5.41) is 9.43. The number of β-amino-alcohol motifs (C(OH)–C–C–N with tert-alkyl or cyclic N) is 1. The van der Waals surface area contributed by atoms with Crippen molar-refractivity contribution in [3.63, 3.8) is 0 Å². The molecule has 2 heterocycles. The van der Waals surface area contributed by atoms with Gasteiger partial charge in [-0.05, 0) is 18.1 Å². The van der Waals surface area contributed by atoms with Crippen molar-refractivity contribution in [2.45, 2.75) is 24.5 Å². The molecule has 5 nitrogen and oxygen atoms in total.